The minimum absolute atomic E-state index is 0.123. The average Bonchev–Trinajstić information content (AvgIpc) is 3.22. The number of hydrogen-bond donors (Lipinski definition) is 0. The smallest absolute Gasteiger partial charge is 0.347 e. The predicted octanol–water partition coefficient (Wildman–Crippen LogP) is 2.98. The van der Waals surface area contributed by atoms with Crippen LogP contribution < -0.4 is 0 Å². The first-order valence-electron chi connectivity index (χ1n) is 8.56. The van der Waals surface area contributed by atoms with Crippen LogP contribution in [0.3, 0.4) is 0 Å². The van der Waals surface area contributed by atoms with Crippen molar-refractivity contribution >= 4 is 11.9 Å². The summed E-state index contributed by atoms with van der Waals surface area (Å²) in [5.41, 5.74) is -0.358. The topological polar surface area (TPSA) is 76.4 Å². The summed E-state index contributed by atoms with van der Waals surface area (Å²) in [6, 6.07) is 11.8. The minimum Gasteiger partial charge on any atom is -0.463 e. The highest BCUT2D eigenvalue weighted by atomic mass is 16.6. The Bertz CT molecular complexity index is 736. The summed E-state index contributed by atoms with van der Waals surface area (Å²) < 4.78 is 10.3. The number of fused-ring (bicyclic) bond motifs is 2. The fourth-order valence-corrected chi connectivity index (χ4v) is 4.09. The van der Waals surface area contributed by atoms with E-state index in [1.54, 1.807) is 6.92 Å². The first kappa shape index (κ1) is 17.2. The lowest BCUT2D eigenvalue weighted by molar-refractivity contribution is -0.172. The SMILES string of the molecule is CCOC(=O)[C@H](C)OC(=O)[C@]1(C#N)[C@@H]2C=C[C@@H](C2)[C@H]1c1ccccc1. The van der Waals surface area contributed by atoms with Crippen LogP contribution in [0.1, 0.15) is 31.7 Å². The van der Waals surface area contributed by atoms with Crippen molar-refractivity contribution < 1.29 is 19.1 Å². The second-order valence-corrected chi connectivity index (χ2v) is 6.56. The van der Waals surface area contributed by atoms with E-state index in [4.69, 9.17) is 9.47 Å². The van der Waals surface area contributed by atoms with E-state index in [1.807, 2.05) is 36.4 Å². The van der Waals surface area contributed by atoms with Crippen LogP contribution in [0.5, 0.6) is 0 Å². The van der Waals surface area contributed by atoms with Crippen LogP contribution in [0, 0.1) is 28.6 Å². The molecule has 1 fully saturated rings. The van der Waals surface area contributed by atoms with Crippen LogP contribution in [0.15, 0.2) is 42.5 Å². The summed E-state index contributed by atoms with van der Waals surface area (Å²) in [6.45, 7) is 3.38. The average molecular weight is 339 g/mol. The number of esters is 2. The lowest BCUT2D eigenvalue weighted by Crippen LogP contribution is -2.43. The quantitative estimate of drug-likeness (QED) is 0.609. The van der Waals surface area contributed by atoms with Crippen molar-refractivity contribution in [2.75, 3.05) is 6.61 Å². The van der Waals surface area contributed by atoms with Gasteiger partial charge in [0.1, 0.15) is 0 Å². The molecule has 1 aromatic rings. The number of benzene rings is 1. The molecule has 0 saturated heterocycles. The Labute approximate surface area is 147 Å². The Balaban J connectivity index is 1.92. The van der Waals surface area contributed by atoms with Gasteiger partial charge >= 0.3 is 11.9 Å². The lowest BCUT2D eigenvalue weighted by atomic mass is 9.66. The van der Waals surface area contributed by atoms with Crippen molar-refractivity contribution in [2.45, 2.75) is 32.3 Å². The van der Waals surface area contributed by atoms with E-state index in [9.17, 15) is 14.9 Å². The highest BCUT2D eigenvalue weighted by Crippen LogP contribution is 2.61. The maximum atomic E-state index is 13.0. The molecule has 25 heavy (non-hydrogen) atoms. The molecule has 3 rings (SSSR count). The number of nitrogens with zero attached hydrogens (tertiary/aromatic N) is 1. The Morgan fingerprint density at radius 2 is 2.04 bits per heavy atom. The summed E-state index contributed by atoms with van der Waals surface area (Å²) in [5.74, 6) is -1.58. The maximum Gasteiger partial charge on any atom is 0.347 e. The van der Waals surface area contributed by atoms with Crippen LogP contribution in [0.25, 0.3) is 0 Å². The molecule has 0 N–H and O–H groups in total. The van der Waals surface area contributed by atoms with Gasteiger partial charge in [0.25, 0.3) is 0 Å². The van der Waals surface area contributed by atoms with Crippen LogP contribution in [0.2, 0.25) is 0 Å². The summed E-state index contributed by atoms with van der Waals surface area (Å²) in [7, 11) is 0. The van der Waals surface area contributed by atoms with Crippen LogP contribution >= 0.6 is 0 Å². The predicted molar refractivity (Wildman–Crippen MR) is 90.2 cm³/mol. The second kappa shape index (κ2) is 6.72. The zero-order chi connectivity index (χ0) is 18.0. The molecular formula is C20H21NO4. The molecule has 5 nitrogen and oxygen atoms in total. The number of carbonyl (C=O) groups excluding carboxylic acids is 2. The molecule has 0 spiro atoms. The number of rotatable bonds is 5. The van der Waals surface area contributed by atoms with Gasteiger partial charge < -0.3 is 9.47 Å². The molecule has 1 aromatic carbocycles. The molecule has 1 saturated carbocycles. The third-order valence-corrected chi connectivity index (χ3v) is 5.20. The van der Waals surface area contributed by atoms with Crippen molar-refractivity contribution in [3.63, 3.8) is 0 Å². The molecule has 0 aliphatic heterocycles. The molecule has 0 aromatic heterocycles. The third-order valence-electron chi connectivity index (χ3n) is 5.20. The Kier molecular flexibility index (Phi) is 4.63. The van der Waals surface area contributed by atoms with Gasteiger partial charge in [0.05, 0.1) is 12.7 Å². The van der Waals surface area contributed by atoms with Gasteiger partial charge in [-0.05, 0) is 31.7 Å². The van der Waals surface area contributed by atoms with Gasteiger partial charge in [-0.1, -0.05) is 42.5 Å². The first-order valence-corrected chi connectivity index (χ1v) is 8.56. The molecule has 2 aliphatic carbocycles. The van der Waals surface area contributed by atoms with E-state index >= 15 is 0 Å². The largest absolute Gasteiger partial charge is 0.463 e. The maximum absolute atomic E-state index is 13.0. The molecule has 5 heteroatoms. The van der Waals surface area contributed by atoms with E-state index in [1.165, 1.54) is 6.92 Å². The molecule has 130 valence electrons. The highest BCUT2D eigenvalue weighted by Gasteiger charge is 2.63. The van der Waals surface area contributed by atoms with Crippen molar-refractivity contribution in [3.8, 4) is 6.07 Å². The summed E-state index contributed by atoms with van der Waals surface area (Å²) in [4.78, 5) is 24.8. The van der Waals surface area contributed by atoms with Gasteiger partial charge in [-0.15, -0.1) is 0 Å². The second-order valence-electron chi connectivity index (χ2n) is 6.56. The Hall–Kier alpha value is -2.61. The molecule has 0 radical (unpaired) electrons. The molecule has 0 heterocycles. The van der Waals surface area contributed by atoms with E-state index in [2.05, 4.69) is 12.1 Å². The van der Waals surface area contributed by atoms with Crippen LogP contribution in [0.4, 0.5) is 0 Å². The molecule has 5 atom stereocenters. The van der Waals surface area contributed by atoms with Crippen molar-refractivity contribution in [1.29, 1.82) is 5.26 Å². The number of allylic oxidation sites excluding steroid dienone is 2. The van der Waals surface area contributed by atoms with E-state index < -0.39 is 23.5 Å². The zero-order valence-corrected chi connectivity index (χ0v) is 14.3. The molecule has 0 unspecified atom stereocenters. The normalized spacial score (nSPS) is 30.5. The molecular weight excluding hydrogens is 318 g/mol. The highest BCUT2D eigenvalue weighted by molar-refractivity contribution is 5.86. The summed E-state index contributed by atoms with van der Waals surface area (Å²) >= 11 is 0. The van der Waals surface area contributed by atoms with Gasteiger partial charge in [0.15, 0.2) is 11.5 Å². The summed E-state index contributed by atoms with van der Waals surface area (Å²) in [5, 5.41) is 9.99. The lowest BCUT2D eigenvalue weighted by Gasteiger charge is -2.34. The van der Waals surface area contributed by atoms with Crippen LogP contribution in [-0.4, -0.2) is 24.6 Å². The number of carbonyl (C=O) groups is 2. The fraction of sp³-hybridized carbons (Fsp3) is 0.450. The van der Waals surface area contributed by atoms with Gasteiger partial charge in [-0.3, -0.25) is 4.79 Å². The Morgan fingerprint density at radius 1 is 1.32 bits per heavy atom. The molecule has 0 amide bonds. The van der Waals surface area contributed by atoms with Gasteiger partial charge in [0.2, 0.25) is 0 Å². The molecule has 2 bridgehead atoms. The van der Waals surface area contributed by atoms with Gasteiger partial charge in [-0.2, -0.15) is 5.26 Å². The van der Waals surface area contributed by atoms with Crippen LogP contribution in [-0.2, 0) is 19.1 Å². The Morgan fingerprint density at radius 3 is 2.68 bits per heavy atom. The first-order chi connectivity index (χ1) is 12.0. The van der Waals surface area contributed by atoms with E-state index in [0.29, 0.717) is 0 Å². The number of hydrogen-bond acceptors (Lipinski definition) is 5. The standard InChI is InChI=1S/C20H21NO4/c1-3-24-18(22)13(2)25-19(23)20(12-21)16-10-9-15(11-16)17(20)14-7-5-4-6-8-14/h4-10,13,15-17H,3,11H2,1-2H3/t13-,15-,16+,17+,20+/m0/s1. The van der Waals surface area contributed by atoms with E-state index in [0.717, 1.165) is 12.0 Å². The van der Waals surface area contributed by atoms with E-state index in [-0.39, 0.29) is 24.4 Å². The summed E-state index contributed by atoms with van der Waals surface area (Å²) in [6.07, 6.45) is 3.73. The van der Waals surface area contributed by atoms with Crippen molar-refractivity contribution in [2.24, 2.45) is 17.3 Å². The van der Waals surface area contributed by atoms with Crippen molar-refractivity contribution in [3.05, 3.63) is 48.0 Å². The zero-order valence-electron chi connectivity index (χ0n) is 14.3. The van der Waals surface area contributed by atoms with Gasteiger partial charge in [0, 0.05) is 11.8 Å². The fourth-order valence-electron chi connectivity index (χ4n) is 4.09. The molecule has 2 aliphatic rings. The minimum atomic E-state index is -1.30. The van der Waals surface area contributed by atoms with Crippen molar-refractivity contribution in [1.82, 2.24) is 0 Å². The van der Waals surface area contributed by atoms with Gasteiger partial charge in [-0.25, -0.2) is 4.79 Å². The number of nitriles is 1. The monoisotopic (exact) mass is 339 g/mol. The third kappa shape index (κ3) is 2.72. The number of ether oxygens (including phenoxy) is 2.